The normalized spacial score (nSPS) is 19.0. The summed E-state index contributed by atoms with van der Waals surface area (Å²) in [5.41, 5.74) is 4.14. The Bertz CT molecular complexity index is 584. The van der Waals surface area contributed by atoms with E-state index >= 15 is 0 Å². The minimum atomic E-state index is 0.571. The molecule has 1 aliphatic carbocycles. The van der Waals surface area contributed by atoms with E-state index in [-0.39, 0.29) is 0 Å². The Kier molecular flexibility index (Phi) is 3.70. The van der Waals surface area contributed by atoms with Crippen LogP contribution >= 0.6 is 11.6 Å². The topological polar surface area (TPSA) is 0 Å². The average molecular weight is 269 g/mol. The van der Waals surface area contributed by atoms with Gasteiger partial charge in [0.15, 0.2) is 0 Å². The van der Waals surface area contributed by atoms with Crippen molar-refractivity contribution < 1.29 is 0 Å². The molecule has 1 heteroatoms. The molecule has 3 rings (SSSR count). The second-order valence-electron chi connectivity index (χ2n) is 5.09. The highest BCUT2D eigenvalue weighted by Crippen LogP contribution is 2.38. The third kappa shape index (κ3) is 2.74. The molecule has 0 saturated carbocycles. The first-order valence-corrected chi connectivity index (χ1v) is 7.21. The molecule has 1 atom stereocenters. The van der Waals surface area contributed by atoms with Gasteiger partial charge in [0.1, 0.15) is 0 Å². The lowest BCUT2D eigenvalue weighted by Gasteiger charge is -2.23. The van der Waals surface area contributed by atoms with Crippen LogP contribution < -0.4 is 0 Å². The van der Waals surface area contributed by atoms with Crippen molar-refractivity contribution in [3.05, 3.63) is 76.8 Å². The fraction of sp³-hybridized carbons (Fsp3) is 0.222. The standard InChI is InChI=1S/C18H17Cl/c19-18-9-5-4-8-17(18)16-12-10-15(11-13-16)14-6-2-1-3-7-14/h1-10,16H,11-13H2. The van der Waals surface area contributed by atoms with Crippen LogP contribution in [0.3, 0.4) is 0 Å². The molecule has 19 heavy (non-hydrogen) atoms. The summed E-state index contributed by atoms with van der Waals surface area (Å²) in [6, 6.07) is 18.9. The zero-order chi connectivity index (χ0) is 13.1. The molecule has 0 saturated heterocycles. The largest absolute Gasteiger partial charge is 0.0840 e. The molecule has 1 aliphatic rings. The third-order valence-electron chi connectivity index (χ3n) is 3.90. The number of benzene rings is 2. The highest BCUT2D eigenvalue weighted by molar-refractivity contribution is 6.31. The maximum Gasteiger partial charge on any atom is 0.0440 e. The first-order chi connectivity index (χ1) is 9.34. The van der Waals surface area contributed by atoms with E-state index < -0.39 is 0 Å². The highest BCUT2D eigenvalue weighted by atomic mass is 35.5. The Morgan fingerprint density at radius 1 is 0.895 bits per heavy atom. The van der Waals surface area contributed by atoms with Crippen molar-refractivity contribution in [3.63, 3.8) is 0 Å². The zero-order valence-corrected chi connectivity index (χ0v) is 11.6. The third-order valence-corrected chi connectivity index (χ3v) is 4.24. The van der Waals surface area contributed by atoms with E-state index in [0.717, 1.165) is 17.9 Å². The quantitative estimate of drug-likeness (QED) is 0.656. The molecule has 0 N–H and O–H groups in total. The number of allylic oxidation sites excluding steroid dienone is 2. The Morgan fingerprint density at radius 2 is 1.63 bits per heavy atom. The fourth-order valence-electron chi connectivity index (χ4n) is 2.84. The summed E-state index contributed by atoms with van der Waals surface area (Å²) in [7, 11) is 0. The minimum absolute atomic E-state index is 0.571. The number of hydrogen-bond donors (Lipinski definition) is 0. The van der Waals surface area contributed by atoms with Crippen molar-refractivity contribution >= 4 is 17.2 Å². The summed E-state index contributed by atoms with van der Waals surface area (Å²) in [5, 5.41) is 0.907. The van der Waals surface area contributed by atoms with Crippen LogP contribution in [0.2, 0.25) is 5.02 Å². The SMILES string of the molecule is Clc1ccccc1C1CC=C(c2ccccc2)CC1. The summed E-state index contributed by atoms with van der Waals surface area (Å²) in [6.07, 6.45) is 5.80. The lowest BCUT2D eigenvalue weighted by molar-refractivity contribution is 0.626. The lowest BCUT2D eigenvalue weighted by Crippen LogP contribution is -2.04. The zero-order valence-electron chi connectivity index (χ0n) is 10.9. The average Bonchev–Trinajstić information content (AvgIpc) is 2.49. The van der Waals surface area contributed by atoms with Crippen molar-refractivity contribution in [3.8, 4) is 0 Å². The van der Waals surface area contributed by atoms with E-state index in [0.29, 0.717) is 5.92 Å². The van der Waals surface area contributed by atoms with Gasteiger partial charge < -0.3 is 0 Å². The lowest BCUT2D eigenvalue weighted by atomic mass is 9.83. The molecule has 0 fully saturated rings. The summed E-state index contributed by atoms with van der Waals surface area (Å²) in [6.45, 7) is 0. The minimum Gasteiger partial charge on any atom is -0.0840 e. The monoisotopic (exact) mass is 268 g/mol. The van der Waals surface area contributed by atoms with Crippen molar-refractivity contribution in [1.82, 2.24) is 0 Å². The molecule has 0 nitrogen and oxygen atoms in total. The van der Waals surface area contributed by atoms with Crippen molar-refractivity contribution in [2.75, 3.05) is 0 Å². The Labute approximate surface area is 119 Å². The molecule has 0 amide bonds. The Hall–Kier alpha value is -1.53. The Balaban J connectivity index is 1.79. The maximum atomic E-state index is 6.29. The van der Waals surface area contributed by atoms with Gasteiger partial charge in [-0.3, -0.25) is 0 Å². The smallest absolute Gasteiger partial charge is 0.0440 e. The van der Waals surface area contributed by atoms with Gasteiger partial charge in [-0.25, -0.2) is 0 Å². The van der Waals surface area contributed by atoms with E-state index in [2.05, 4.69) is 48.5 Å². The molecular formula is C18H17Cl. The van der Waals surface area contributed by atoms with Gasteiger partial charge in [-0.05, 0) is 47.9 Å². The van der Waals surface area contributed by atoms with Crippen LogP contribution in [0.4, 0.5) is 0 Å². The summed E-state index contributed by atoms with van der Waals surface area (Å²) in [4.78, 5) is 0. The van der Waals surface area contributed by atoms with Crippen LogP contribution in [0, 0.1) is 0 Å². The first kappa shape index (κ1) is 12.5. The summed E-state index contributed by atoms with van der Waals surface area (Å²) < 4.78 is 0. The van der Waals surface area contributed by atoms with Crippen molar-refractivity contribution in [1.29, 1.82) is 0 Å². The van der Waals surface area contributed by atoms with Crippen LogP contribution in [-0.2, 0) is 0 Å². The summed E-state index contributed by atoms with van der Waals surface area (Å²) >= 11 is 6.29. The van der Waals surface area contributed by atoms with Crippen molar-refractivity contribution in [2.24, 2.45) is 0 Å². The molecule has 0 aromatic heterocycles. The van der Waals surface area contributed by atoms with Gasteiger partial charge in [0.2, 0.25) is 0 Å². The molecule has 0 heterocycles. The van der Waals surface area contributed by atoms with E-state index in [4.69, 9.17) is 11.6 Å². The second kappa shape index (κ2) is 5.63. The van der Waals surface area contributed by atoms with E-state index in [9.17, 15) is 0 Å². The van der Waals surface area contributed by atoms with Gasteiger partial charge in [-0.15, -0.1) is 0 Å². The number of halogens is 1. The van der Waals surface area contributed by atoms with Crippen LogP contribution in [0.1, 0.15) is 36.3 Å². The number of hydrogen-bond acceptors (Lipinski definition) is 0. The maximum absolute atomic E-state index is 6.29. The molecule has 0 bridgehead atoms. The number of rotatable bonds is 2. The van der Waals surface area contributed by atoms with Crippen LogP contribution in [0.15, 0.2) is 60.7 Å². The second-order valence-corrected chi connectivity index (χ2v) is 5.50. The van der Waals surface area contributed by atoms with Gasteiger partial charge in [0, 0.05) is 5.02 Å². The molecular weight excluding hydrogens is 252 g/mol. The van der Waals surface area contributed by atoms with E-state index in [1.165, 1.54) is 23.1 Å². The van der Waals surface area contributed by atoms with Gasteiger partial charge in [-0.1, -0.05) is 66.2 Å². The molecule has 2 aromatic carbocycles. The highest BCUT2D eigenvalue weighted by Gasteiger charge is 2.18. The molecule has 0 spiro atoms. The molecule has 1 unspecified atom stereocenters. The summed E-state index contributed by atoms with van der Waals surface area (Å²) in [5.74, 6) is 0.571. The molecule has 2 aromatic rings. The van der Waals surface area contributed by atoms with Gasteiger partial charge >= 0.3 is 0 Å². The van der Waals surface area contributed by atoms with Crippen LogP contribution in [0.25, 0.3) is 5.57 Å². The molecule has 0 aliphatic heterocycles. The van der Waals surface area contributed by atoms with Gasteiger partial charge in [0.25, 0.3) is 0 Å². The van der Waals surface area contributed by atoms with Crippen LogP contribution in [-0.4, -0.2) is 0 Å². The molecule has 0 radical (unpaired) electrons. The van der Waals surface area contributed by atoms with E-state index in [1.54, 1.807) is 0 Å². The predicted octanol–water partition coefficient (Wildman–Crippen LogP) is 5.69. The van der Waals surface area contributed by atoms with Gasteiger partial charge in [-0.2, -0.15) is 0 Å². The fourth-order valence-corrected chi connectivity index (χ4v) is 3.13. The molecule has 96 valence electrons. The van der Waals surface area contributed by atoms with Gasteiger partial charge in [0.05, 0.1) is 0 Å². The predicted molar refractivity (Wildman–Crippen MR) is 82.5 cm³/mol. The Morgan fingerprint density at radius 3 is 2.32 bits per heavy atom. The first-order valence-electron chi connectivity index (χ1n) is 6.83. The van der Waals surface area contributed by atoms with E-state index in [1.807, 2.05) is 12.1 Å². The van der Waals surface area contributed by atoms with Crippen LogP contribution in [0.5, 0.6) is 0 Å². The van der Waals surface area contributed by atoms with Crippen molar-refractivity contribution in [2.45, 2.75) is 25.2 Å².